The van der Waals surface area contributed by atoms with Crippen molar-refractivity contribution in [3.63, 3.8) is 0 Å². The van der Waals surface area contributed by atoms with Gasteiger partial charge in [-0.1, -0.05) is 18.2 Å². The van der Waals surface area contributed by atoms with E-state index in [0.29, 0.717) is 36.6 Å². The molecule has 1 heterocycles. The van der Waals surface area contributed by atoms with Crippen LogP contribution in [0.25, 0.3) is 0 Å². The summed E-state index contributed by atoms with van der Waals surface area (Å²) in [5.41, 5.74) is 2.97. The van der Waals surface area contributed by atoms with Crippen molar-refractivity contribution < 1.29 is 26.7 Å². The molecular formula is C21H29N3O6S2. The second kappa shape index (κ2) is 10.5. The number of fused-ring (bicyclic) bond motifs is 1. The predicted molar refractivity (Wildman–Crippen MR) is 125 cm³/mol. The van der Waals surface area contributed by atoms with E-state index in [1.807, 2.05) is 12.1 Å². The molecule has 0 fully saturated rings. The van der Waals surface area contributed by atoms with Crippen molar-refractivity contribution in [1.29, 1.82) is 0 Å². The van der Waals surface area contributed by atoms with E-state index < -0.39 is 26.2 Å². The quantitative estimate of drug-likeness (QED) is 0.354. The normalized spacial score (nSPS) is 15.9. The van der Waals surface area contributed by atoms with Gasteiger partial charge in [-0.3, -0.25) is 9.44 Å². The molecule has 1 aliphatic heterocycles. The van der Waals surface area contributed by atoms with Gasteiger partial charge in [0.1, 0.15) is 18.5 Å². The average molecular weight is 484 g/mol. The number of aliphatic hydroxyl groups excluding tert-OH is 1. The first-order chi connectivity index (χ1) is 15.1. The molecule has 2 aromatic rings. The summed E-state index contributed by atoms with van der Waals surface area (Å²) in [6, 6.07) is 12.4. The third kappa shape index (κ3) is 7.66. The van der Waals surface area contributed by atoms with Crippen molar-refractivity contribution in [2.75, 3.05) is 41.1 Å². The largest absolute Gasteiger partial charge is 0.490 e. The minimum Gasteiger partial charge on any atom is -0.490 e. The molecule has 0 saturated heterocycles. The Morgan fingerprint density at radius 1 is 1.19 bits per heavy atom. The van der Waals surface area contributed by atoms with Crippen LogP contribution in [-0.4, -0.2) is 59.8 Å². The molecule has 0 aromatic heterocycles. The first-order valence-corrected chi connectivity index (χ1v) is 13.9. The zero-order valence-electron chi connectivity index (χ0n) is 17.9. The van der Waals surface area contributed by atoms with Gasteiger partial charge in [-0.25, -0.2) is 16.8 Å². The van der Waals surface area contributed by atoms with Crippen LogP contribution in [0, 0.1) is 0 Å². The molecule has 4 N–H and O–H groups in total. The maximum absolute atomic E-state index is 11.7. The molecule has 11 heteroatoms. The third-order valence-corrected chi connectivity index (χ3v) is 6.79. The highest BCUT2D eigenvalue weighted by molar-refractivity contribution is 7.92. The SMILES string of the molecule is CS(=O)(=O)Nc1ccc(CCCNCC(O)COc2cccc3c2CCS(=O)(=O)N3)cc1. The van der Waals surface area contributed by atoms with Crippen LogP contribution in [0.3, 0.4) is 0 Å². The van der Waals surface area contributed by atoms with Gasteiger partial charge in [0, 0.05) is 17.8 Å². The summed E-state index contributed by atoms with van der Waals surface area (Å²) in [5.74, 6) is 0.597. The lowest BCUT2D eigenvalue weighted by molar-refractivity contribution is 0.106. The lowest BCUT2D eigenvalue weighted by Gasteiger charge is -2.22. The van der Waals surface area contributed by atoms with Gasteiger partial charge in [0.25, 0.3) is 0 Å². The van der Waals surface area contributed by atoms with E-state index in [4.69, 9.17) is 4.74 Å². The van der Waals surface area contributed by atoms with Crippen LogP contribution in [0.2, 0.25) is 0 Å². The minimum absolute atomic E-state index is 0.0153. The molecule has 0 spiro atoms. The van der Waals surface area contributed by atoms with Crippen LogP contribution in [-0.2, 0) is 32.9 Å². The first-order valence-electron chi connectivity index (χ1n) is 10.3. The highest BCUT2D eigenvalue weighted by Crippen LogP contribution is 2.31. The van der Waals surface area contributed by atoms with Crippen LogP contribution in [0.4, 0.5) is 11.4 Å². The summed E-state index contributed by atoms with van der Waals surface area (Å²) >= 11 is 0. The van der Waals surface area contributed by atoms with Crippen molar-refractivity contribution in [2.24, 2.45) is 0 Å². The van der Waals surface area contributed by atoms with Gasteiger partial charge in [-0.2, -0.15) is 0 Å². The molecule has 1 unspecified atom stereocenters. The first kappa shape index (κ1) is 24.3. The molecule has 0 aliphatic carbocycles. The molecule has 176 valence electrons. The second-order valence-corrected chi connectivity index (χ2v) is 11.4. The summed E-state index contributed by atoms with van der Waals surface area (Å²) in [4.78, 5) is 0. The molecule has 1 aliphatic rings. The number of aliphatic hydroxyl groups is 1. The second-order valence-electron chi connectivity index (χ2n) is 7.80. The molecular weight excluding hydrogens is 454 g/mol. The number of benzene rings is 2. The maximum atomic E-state index is 11.7. The number of rotatable bonds is 11. The topological polar surface area (TPSA) is 134 Å². The maximum Gasteiger partial charge on any atom is 0.233 e. The van der Waals surface area contributed by atoms with Crippen molar-refractivity contribution in [3.8, 4) is 5.75 Å². The molecule has 2 aromatic carbocycles. The summed E-state index contributed by atoms with van der Waals surface area (Å²) in [7, 11) is -6.56. The van der Waals surface area contributed by atoms with Crippen LogP contribution >= 0.6 is 0 Å². The Morgan fingerprint density at radius 3 is 2.66 bits per heavy atom. The van der Waals surface area contributed by atoms with E-state index in [0.717, 1.165) is 30.2 Å². The van der Waals surface area contributed by atoms with Gasteiger partial charge in [0.15, 0.2) is 0 Å². The molecule has 0 amide bonds. The van der Waals surface area contributed by atoms with Crippen molar-refractivity contribution in [3.05, 3.63) is 53.6 Å². The number of nitrogens with one attached hydrogen (secondary N) is 3. The van der Waals surface area contributed by atoms with Gasteiger partial charge in [-0.05, 0) is 55.6 Å². The number of ether oxygens (including phenoxy) is 1. The number of hydrogen-bond donors (Lipinski definition) is 4. The van der Waals surface area contributed by atoms with E-state index in [2.05, 4.69) is 14.8 Å². The Bertz CT molecular complexity index is 1120. The third-order valence-electron chi connectivity index (χ3n) is 4.91. The summed E-state index contributed by atoms with van der Waals surface area (Å²) in [6.07, 6.45) is 2.47. The van der Waals surface area contributed by atoms with Crippen molar-refractivity contribution in [1.82, 2.24) is 5.32 Å². The molecule has 9 nitrogen and oxygen atoms in total. The molecule has 0 saturated carbocycles. The number of anilines is 2. The number of sulfonamides is 2. The molecule has 3 rings (SSSR count). The molecule has 32 heavy (non-hydrogen) atoms. The van der Waals surface area contributed by atoms with E-state index in [-0.39, 0.29) is 12.4 Å². The fraction of sp³-hybridized carbons (Fsp3) is 0.429. The fourth-order valence-corrected chi connectivity index (χ4v) is 5.06. The van der Waals surface area contributed by atoms with Gasteiger partial charge in [0.2, 0.25) is 20.0 Å². The Balaban J connectivity index is 1.35. The molecule has 0 bridgehead atoms. The summed E-state index contributed by atoms with van der Waals surface area (Å²) in [5, 5.41) is 13.4. The van der Waals surface area contributed by atoms with E-state index >= 15 is 0 Å². The van der Waals surface area contributed by atoms with Crippen molar-refractivity contribution in [2.45, 2.75) is 25.4 Å². The monoisotopic (exact) mass is 483 g/mol. The standard InChI is InChI=1S/C21H29N3O6S2/c1-31(26,27)23-17-9-7-16(8-10-17)4-3-12-22-14-18(25)15-30-21-6-2-5-20-19(21)11-13-32(28,29)24-20/h2,5-10,18,22-25H,3-4,11-15H2,1H3. The van der Waals surface area contributed by atoms with Crippen LogP contribution in [0.5, 0.6) is 5.75 Å². The van der Waals surface area contributed by atoms with E-state index in [9.17, 15) is 21.9 Å². The van der Waals surface area contributed by atoms with Crippen LogP contribution in [0.15, 0.2) is 42.5 Å². The van der Waals surface area contributed by atoms with Gasteiger partial charge < -0.3 is 15.2 Å². The Hall–Kier alpha value is -2.34. The molecule has 0 radical (unpaired) electrons. The van der Waals surface area contributed by atoms with Gasteiger partial charge in [0.05, 0.1) is 17.7 Å². The zero-order chi connectivity index (χ0) is 23.2. The highest BCUT2D eigenvalue weighted by atomic mass is 32.2. The minimum atomic E-state index is -3.28. The fourth-order valence-electron chi connectivity index (χ4n) is 3.39. The summed E-state index contributed by atoms with van der Waals surface area (Å²) in [6.45, 7) is 1.19. The Labute approximate surface area is 189 Å². The smallest absolute Gasteiger partial charge is 0.233 e. The van der Waals surface area contributed by atoms with Crippen LogP contribution in [0.1, 0.15) is 17.5 Å². The van der Waals surface area contributed by atoms with Crippen molar-refractivity contribution >= 4 is 31.4 Å². The number of hydrogen-bond acceptors (Lipinski definition) is 7. The lowest BCUT2D eigenvalue weighted by atomic mass is 10.1. The summed E-state index contributed by atoms with van der Waals surface area (Å²) < 4.78 is 56.5. The Kier molecular flexibility index (Phi) is 7.99. The predicted octanol–water partition coefficient (Wildman–Crippen LogP) is 1.32. The average Bonchev–Trinajstić information content (AvgIpc) is 2.71. The highest BCUT2D eigenvalue weighted by Gasteiger charge is 2.23. The Morgan fingerprint density at radius 2 is 1.94 bits per heavy atom. The van der Waals surface area contributed by atoms with E-state index in [1.54, 1.807) is 30.3 Å². The van der Waals surface area contributed by atoms with Crippen LogP contribution < -0.4 is 19.5 Å². The molecule has 1 atom stereocenters. The number of aryl methyl sites for hydroxylation is 1. The lowest BCUT2D eigenvalue weighted by Crippen LogP contribution is -2.32. The van der Waals surface area contributed by atoms with Gasteiger partial charge in [-0.15, -0.1) is 0 Å². The van der Waals surface area contributed by atoms with Gasteiger partial charge >= 0.3 is 0 Å². The zero-order valence-corrected chi connectivity index (χ0v) is 19.5. The van der Waals surface area contributed by atoms with E-state index in [1.165, 1.54) is 0 Å².